The summed E-state index contributed by atoms with van der Waals surface area (Å²) in [6.07, 6.45) is 3.48. The van der Waals surface area contributed by atoms with Gasteiger partial charge in [0.15, 0.2) is 0 Å². The maximum absolute atomic E-state index is 4.49. The molecule has 1 heterocycles. The number of nitrogens with one attached hydrogen (secondary N) is 1. The van der Waals surface area contributed by atoms with Gasteiger partial charge in [0.25, 0.3) is 0 Å². The molecule has 1 N–H and O–H groups in total. The minimum atomic E-state index is 0.438. The van der Waals surface area contributed by atoms with Crippen LogP contribution >= 0.6 is 0 Å². The van der Waals surface area contributed by atoms with Crippen LogP contribution in [0.5, 0.6) is 0 Å². The lowest BCUT2D eigenvalue weighted by atomic mass is 10.2. The maximum atomic E-state index is 4.49. The van der Waals surface area contributed by atoms with Gasteiger partial charge in [0.05, 0.1) is 0 Å². The third kappa shape index (κ3) is 4.51. The molecule has 0 spiro atoms. The smallest absolute Gasteiger partial charge is 0.134 e. The Kier molecular flexibility index (Phi) is 5.89. The molecule has 1 unspecified atom stereocenters. The Balaban J connectivity index is 2.79. The van der Waals surface area contributed by atoms with Gasteiger partial charge in [-0.15, -0.1) is 0 Å². The van der Waals surface area contributed by atoms with Gasteiger partial charge in [0.2, 0.25) is 0 Å². The van der Waals surface area contributed by atoms with Crippen LogP contribution in [0, 0.1) is 6.92 Å². The van der Waals surface area contributed by atoms with E-state index in [9.17, 15) is 0 Å². The van der Waals surface area contributed by atoms with Gasteiger partial charge in [-0.25, -0.2) is 9.97 Å². The second-order valence-electron chi connectivity index (χ2n) is 4.89. The molecule has 0 saturated carbocycles. The Morgan fingerprint density at radius 2 is 2.06 bits per heavy atom. The first-order chi connectivity index (χ1) is 8.56. The number of nitrogens with zero attached hydrogens (tertiary/aromatic N) is 3. The lowest BCUT2D eigenvalue weighted by Gasteiger charge is -2.20. The van der Waals surface area contributed by atoms with Gasteiger partial charge in [-0.2, -0.15) is 0 Å². The molecule has 0 fully saturated rings. The van der Waals surface area contributed by atoms with E-state index in [4.69, 9.17) is 0 Å². The molecule has 0 bridgehead atoms. The molecule has 18 heavy (non-hydrogen) atoms. The van der Waals surface area contributed by atoms with Crippen molar-refractivity contribution in [1.29, 1.82) is 0 Å². The normalized spacial score (nSPS) is 12.3. The van der Waals surface area contributed by atoms with Crippen LogP contribution in [-0.2, 0) is 0 Å². The molecule has 1 aromatic heterocycles. The van der Waals surface area contributed by atoms with Crippen molar-refractivity contribution in [2.24, 2.45) is 0 Å². The summed E-state index contributed by atoms with van der Waals surface area (Å²) in [5.41, 5.74) is 0. The number of hydrogen-bond acceptors (Lipinski definition) is 4. The van der Waals surface area contributed by atoms with E-state index in [1.165, 1.54) is 12.8 Å². The standard InChI is InChI=1S/C14H26N4/c1-6-8-9-18(5)14-10-13(15-11(3)7-2)16-12(4)17-14/h10-11H,6-9H2,1-5H3,(H,15,16,17). The Bertz CT molecular complexity index is 365. The minimum absolute atomic E-state index is 0.438. The van der Waals surface area contributed by atoms with Gasteiger partial charge in [0.1, 0.15) is 17.5 Å². The molecule has 0 aliphatic rings. The average molecular weight is 250 g/mol. The van der Waals surface area contributed by atoms with Gasteiger partial charge >= 0.3 is 0 Å². The molecule has 1 rings (SSSR count). The Hall–Kier alpha value is -1.32. The van der Waals surface area contributed by atoms with Crippen molar-refractivity contribution in [2.75, 3.05) is 23.8 Å². The zero-order valence-electron chi connectivity index (χ0n) is 12.3. The molecule has 102 valence electrons. The topological polar surface area (TPSA) is 41.0 Å². The second-order valence-corrected chi connectivity index (χ2v) is 4.89. The van der Waals surface area contributed by atoms with Gasteiger partial charge in [-0.05, 0) is 26.7 Å². The van der Waals surface area contributed by atoms with Gasteiger partial charge in [-0.3, -0.25) is 0 Å². The molecule has 0 saturated heterocycles. The second kappa shape index (κ2) is 7.19. The van der Waals surface area contributed by atoms with Crippen LogP contribution in [-0.4, -0.2) is 29.6 Å². The lowest BCUT2D eigenvalue weighted by molar-refractivity contribution is 0.747. The van der Waals surface area contributed by atoms with Gasteiger partial charge < -0.3 is 10.2 Å². The van der Waals surface area contributed by atoms with E-state index >= 15 is 0 Å². The number of hydrogen-bond donors (Lipinski definition) is 1. The number of rotatable bonds is 7. The van der Waals surface area contributed by atoms with Crippen molar-refractivity contribution in [3.63, 3.8) is 0 Å². The molecule has 0 radical (unpaired) electrons. The molecule has 4 nitrogen and oxygen atoms in total. The van der Waals surface area contributed by atoms with Crippen LogP contribution in [0.2, 0.25) is 0 Å². The first-order valence-electron chi connectivity index (χ1n) is 6.90. The van der Waals surface area contributed by atoms with Crippen molar-refractivity contribution in [3.05, 3.63) is 11.9 Å². The summed E-state index contributed by atoms with van der Waals surface area (Å²) in [5, 5.41) is 3.41. The first-order valence-corrected chi connectivity index (χ1v) is 6.90. The summed E-state index contributed by atoms with van der Waals surface area (Å²) in [4.78, 5) is 11.1. The summed E-state index contributed by atoms with van der Waals surface area (Å²) in [6.45, 7) is 9.52. The third-order valence-corrected chi connectivity index (χ3v) is 3.07. The summed E-state index contributed by atoms with van der Waals surface area (Å²) in [6, 6.07) is 2.47. The number of aryl methyl sites for hydroxylation is 1. The lowest BCUT2D eigenvalue weighted by Crippen LogP contribution is -2.21. The molecule has 4 heteroatoms. The first kappa shape index (κ1) is 14.7. The van der Waals surface area contributed by atoms with Crippen LogP contribution in [0.15, 0.2) is 6.07 Å². The zero-order chi connectivity index (χ0) is 13.5. The molecule has 0 aliphatic heterocycles. The quantitative estimate of drug-likeness (QED) is 0.806. The SMILES string of the molecule is CCCCN(C)c1cc(NC(C)CC)nc(C)n1. The van der Waals surface area contributed by atoms with E-state index < -0.39 is 0 Å². The molecular formula is C14H26N4. The number of unbranched alkanes of at least 4 members (excludes halogenated alkanes) is 1. The highest BCUT2D eigenvalue weighted by atomic mass is 15.2. The van der Waals surface area contributed by atoms with Crippen LogP contribution in [0.25, 0.3) is 0 Å². The highest BCUT2D eigenvalue weighted by Crippen LogP contribution is 2.16. The minimum Gasteiger partial charge on any atom is -0.367 e. The van der Waals surface area contributed by atoms with Crippen LogP contribution in [0.1, 0.15) is 45.9 Å². The van der Waals surface area contributed by atoms with Crippen molar-refractivity contribution < 1.29 is 0 Å². The van der Waals surface area contributed by atoms with E-state index in [2.05, 4.69) is 48.0 Å². The summed E-state index contributed by atoms with van der Waals surface area (Å²) in [5.74, 6) is 2.75. The fourth-order valence-electron chi connectivity index (χ4n) is 1.69. The monoisotopic (exact) mass is 250 g/mol. The largest absolute Gasteiger partial charge is 0.367 e. The molecular weight excluding hydrogens is 224 g/mol. The fourth-order valence-corrected chi connectivity index (χ4v) is 1.69. The highest BCUT2D eigenvalue weighted by Gasteiger charge is 2.07. The predicted octanol–water partition coefficient (Wildman–Crippen LogP) is 3.23. The van der Waals surface area contributed by atoms with E-state index in [1.807, 2.05) is 13.0 Å². The van der Waals surface area contributed by atoms with E-state index in [0.29, 0.717) is 6.04 Å². The van der Waals surface area contributed by atoms with E-state index in [1.54, 1.807) is 0 Å². The van der Waals surface area contributed by atoms with Gasteiger partial charge in [0, 0.05) is 25.7 Å². The molecule has 1 atom stereocenters. The Labute approximate surface area is 111 Å². The van der Waals surface area contributed by atoms with Crippen LogP contribution in [0.3, 0.4) is 0 Å². The highest BCUT2D eigenvalue weighted by molar-refractivity contribution is 5.49. The number of anilines is 2. The Morgan fingerprint density at radius 3 is 2.67 bits per heavy atom. The maximum Gasteiger partial charge on any atom is 0.134 e. The predicted molar refractivity (Wildman–Crippen MR) is 78.3 cm³/mol. The zero-order valence-corrected chi connectivity index (χ0v) is 12.3. The molecule has 0 amide bonds. The Morgan fingerprint density at radius 1 is 1.33 bits per heavy atom. The fraction of sp³-hybridized carbons (Fsp3) is 0.714. The molecule has 1 aromatic rings. The summed E-state index contributed by atoms with van der Waals surface area (Å²) < 4.78 is 0. The van der Waals surface area contributed by atoms with Crippen LogP contribution in [0.4, 0.5) is 11.6 Å². The third-order valence-electron chi connectivity index (χ3n) is 3.07. The van der Waals surface area contributed by atoms with E-state index in [-0.39, 0.29) is 0 Å². The van der Waals surface area contributed by atoms with Crippen LogP contribution < -0.4 is 10.2 Å². The van der Waals surface area contributed by atoms with Crippen molar-refractivity contribution in [2.45, 2.75) is 53.0 Å². The molecule has 0 aliphatic carbocycles. The van der Waals surface area contributed by atoms with Crippen molar-refractivity contribution >= 4 is 11.6 Å². The molecule has 0 aromatic carbocycles. The summed E-state index contributed by atoms with van der Waals surface area (Å²) in [7, 11) is 2.09. The number of aromatic nitrogens is 2. The van der Waals surface area contributed by atoms with Gasteiger partial charge in [-0.1, -0.05) is 20.3 Å². The van der Waals surface area contributed by atoms with Crippen molar-refractivity contribution in [3.8, 4) is 0 Å². The average Bonchev–Trinajstić information content (AvgIpc) is 2.34. The summed E-state index contributed by atoms with van der Waals surface area (Å²) >= 11 is 0. The van der Waals surface area contributed by atoms with E-state index in [0.717, 1.165) is 30.4 Å². The van der Waals surface area contributed by atoms with Crippen molar-refractivity contribution in [1.82, 2.24) is 9.97 Å².